The van der Waals surface area contributed by atoms with Crippen LogP contribution in [0.1, 0.15) is 43.9 Å². The molecule has 1 atom stereocenters. The summed E-state index contributed by atoms with van der Waals surface area (Å²) in [5.74, 6) is -0.402. The van der Waals surface area contributed by atoms with Gasteiger partial charge in [0, 0.05) is 24.3 Å². The first-order valence-electron chi connectivity index (χ1n) is 12.7. The van der Waals surface area contributed by atoms with Crippen molar-refractivity contribution in [1.29, 1.82) is 0 Å². The van der Waals surface area contributed by atoms with Crippen LogP contribution in [0.25, 0.3) is 0 Å². The Kier molecular flexibility index (Phi) is 7.86. The van der Waals surface area contributed by atoms with E-state index in [-0.39, 0.29) is 24.3 Å². The van der Waals surface area contributed by atoms with Gasteiger partial charge in [-0.15, -0.1) is 0 Å². The average Bonchev–Trinajstić information content (AvgIpc) is 3.26. The number of rotatable bonds is 7. The SMILES string of the molecule is Cc1ccc(C)c(NC(=O)COC(=O)[C@H]2CC(=O)N(c3ccc(Oc4ccc(C(C)(C)C)cc4)cc3)C2)c1. The maximum Gasteiger partial charge on any atom is 0.311 e. The van der Waals surface area contributed by atoms with Crippen molar-refractivity contribution in [3.8, 4) is 11.5 Å². The zero-order valence-electron chi connectivity index (χ0n) is 22.5. The van der Waals surface area contributed by atoms with E-state index in [9.17, 15) is 14.4 Å². The number of hydrogen-bond donors (Lipinski definition) is 1. The van der Waals surface area contributed by atoms with Crippen molar-refractivity contribution < 1.29 is 23.9 Å². The highest BCUT2D eigenvalue weighted by Gasteiger charge is 2.36. The van der Waals surface area contributed by atoms with Crippen LogP contribution in [0.5, 0.6) is 11.5 Å². The summed E-state index contributed by atoms with van der Waals surface area (Å²) >= 11 is 0. The van der Waals surface area contributed by atoms with Gasteiger partial charge in [0.25, 0.3) is 5.91 Å². The topological polar surface area (TPSA) is 84.9 Å². The molecule has 1 heterocycles. The van der Waals surface area contributed by atoms with E-state index in [2.05, 4.69) is 38.2 Å². The molecule has 198 valence electrons. The lowest BCUT2D eigenvalue weighted by Gasteiger charge is -2.19. The Labute approximate surface area is 223 Å². The number of aryl methyl sites for hydroxylation is 2. The Morgan fingerprint density at radius 1 is 0.947 bits per heavy atom. The summed E-state index contributed by atoms with van der Waals surface area (Å²) in [4.78, 5) is 39.1. The van der Waals surface area contributed by atoms with Crippen LogP contribution >= 0.6 is 0 Å². The number of anilines is 2. The third-order valence-corrected chi connectivity index (χ3v) is 6.58. The molecule has 0 bridgehead atoms. The number of carbonyl (C=O) groups excluding carboxylic acids is 3. The predicted octanol–water partition coefficient (Wildman–Crippen LogP) is 5.93. The summed E-state index contributed by atoms with van der Waals surface area (Å²) in [5, 5.41) is 2.77. The summed E-state index contributed by atoms with van der Waals surface area (Å²) in [6, 6.07) is 20.9. The van der Waals surface area contributed by atoms with Crippen LogP contribution in [0.4, 0.5) is 11.4 Å². The number of amides is 2. The Balaban J connectivity index is 1.30. The van der Waals surface area contributed by atoms with E-state index < -0.39 is 24.4 Å². The molecule has 7 nitrogen and oxygen atoms in total. The van der Waals surface area contributed by atoms with Crippen molar-refractivity contribution >= 4 is 29.2 Å². The molecule has 0 aromatic heterocycles. The van der Waals surface area contributed by atoms with Crippen LogP contribution in [-0.4, -0.2) is 30.9 Å². The number of nitrogens with zero attached hydrogens (tertiary/aromatic N) is 1. The molecule has 3 aromatic rings. The molecule has 0 aliphatic carbocycles. The van der Waals surface area contributed by atoms with Crippen LogP contribution in [0.3, 0.4) is 0 Å². The summed E-state index contributed by atoms with van der Waals surface area (Å²) in [5.41, 5.74) is 4.59. The first kappa shape index (κ1) is 26.9. The molecule has 0 spiro atoms. The molecule has 38 heavy (non-hydrogen) atoms. The maximum absolute atomic E-state index is 12.6. The van der Waals surface area contributed by atoms with Crippen molar-refractivity contribution in [2.75, 3.05) is 23.4 Å². The van der Waals surface area contributed by atoms with Gasteiger partial charge in [0.15, 0.2) is 6.61 Å². The summed E-state index contributed by atoms with van der Waals surface area (Å²) in [7, 11) is 0. The summed E-state index contributed by atoms with van der Waals surface area (Å²) in [6.07, 6.45) is 0.0375. The first-order chi connectivity index (χ1) is 18.0. The van der Waals surface area contributed by atoms with Crippen LogP contribution in [-0.2, 0) is 24.5 Å². The van der Waals surface area contributed by atoms with Gasteiger partial charge in [-0.1, -0.05) is 45.0 Å². The Hall–Kier alpha value is -4.13. The van der Waals surface area contributed by atoms with Gasteiger partial charge >= 0.3 is 5.97 Å². The van der Waals surface area contributed by atoms with E-state index in [4.69, 9.17) is 9.47 Å². The van der Waals surface area contributed by atoms with E-state index in [1.807, 2.05) is 44.2 Å². The second-order valence-corrected chi connectivity index (χ2v) is 10.7. The second kappa shape index (κ2) is 11.1. The largest absolute Gasteiger partial charge is 0.457 e. The molecule has 1 aliphatic heterocycles. The molecule has 1 aliphatic rings. The molecule has 1 saturated heterocycles. The lowest BCUT2D eigenvalue weighted by molar-refractivity contribution is -0.151. The molecule has 0 saturated carbocycles. The maximum atomic E-state index is 12.6. The van der Waals surface area contributed by atoms with E-state index in [1.165, 1.54) is 5.56 Å². The van der Waals surface area contributed by atoms with Crippen LogP contribution in [0.2, 0.25) is 0 Å². The zero-order chi connectivity index (χ0) is 27.4. The van der Waals surface area contributed by atoms with Crippen LogP contribution in [0, 0.1) is 19.8 Å². The number of esters is 1. The Bertz CT molecular complexity index is 1320. The van der Waals surface area contributed by atoms with Gasteiger partial charge in [0.2, 0.25) is 5.91 Å². The fourth-order valence-corrected chi connectivity index (χ4v) is 4.28. The van der Waals surface area contributed by atoms with Gasteiger partial charge in [0.05, 0.1) is 5.92 Å². The van der Waals surface area contributed by atoms with Crippen LogP contribution in [0.15, 0.2) is 66.7 Å². The number of carbonyl (C=O) groups is 3. The molecule has 0 radical (unpaired) electrons. The average molecular weight is 515 g/mol. The summed E-state index contributed by atoms with van der Waals surface area (Å²) < 4.78 is 11.2. The normalized spacial score (nSPS) is 15.3. The minimum Gasteiger partial charge on any atom is -0.457 e. The predicted molar refractivity (Wildman–Crippen MR) is 148 cm³/mol. The molecule has 1 N–H and O–H groups in total. The number of nitrogens with one attached hydrogen (secondary N) is 1. The zero-order valence-corrected chi connectivity index (χ0v) is 22.5. The van der Waals surface area contributed by atoms with Gasteiger partial charge in [-0.2, -0.15) is 0 Å². The highest BCUT2D eigenvalue weighted by molar-refractivity contribution is 6.00. The Morgan fingerprint density at radius 2 is 1.58 bits per heavy atom. The highest BCUT2D eigenvalue weighted by atomic mass is 16.5. The van der Waals surface area contributed by atoms with Gasteiger partial charge in [-0.05, 0) is 78.4 Å². The minimum atomic E-state index is -0.631. The lowest BCUT2D eigenvalue weighted by atomic mass is 9.87. The summed E-state index contributed by atoms with van der Waals surface area (Å²) in [6.45, 7) is 10.1. The number of ether oxygens (including phenoxy) is 2. The third kappa shape index (κ3) is 6.59. The fourth-order valence-electron chi connectivity index (χ4n) is 4.28. The third-order valence-electron chi connectivity index (χ3n) is 6.58. The van der Waals surface area contributed by atoms with Crippen molar-refractivity contribution in [3.05, 3.63) is 83.4 Å². The highest BCUT2D eigenvalue weighted by Crippen LogP contribution is 2.30. The van der Waals surface area contributed by atoms with Crippen LogP contribution < -0.4 is 15.0 Å². The molecular weight excluding hydrogens is 480 g/mol. The molecular formula is C31H34N2O5. The second-order valence-electron chi connectivity index (χ2n) is 10.7. The molecule has 2 amide bonds. The van der Waals surface area contributed by atoms with Gasteiger partial charge in [0.1, 0.15) is 11.5 Å². The minimum absolute atomic E-state index is 0.0375. The molecule has 3 aromatic carbocycles. The van der Waals surface area contributed by atoms with E-state index in [0.29, 0.717) is 17.1 Å². The van der Waals surface area contributed by atoms with E-state index in [1.54, 1.807) is 29.2 Å². The monoisotopic (exact) mass is 514 g/mol. The van der Waals surface area contributed by atoms with Crippen molar-refractivity contribution in [2.24, 2.45) is 5.92 Å². The van der Waals surface area contributed by atoms with Gasteiger partial charge in [-0.3, -0.25) is 14.4 Å². The quantitative estimate of drug-likeness (QED) is 0.395. The van der Waals surface area contributed by atoms with Gasteiger partial charge in [-0.25, -0.2) is 0 Å². The van der Waals surface area contributed by atoms with E-state index >= 15 is 0 Å². The molecule has 4 rings (SSSR count). The molecule has 1 fully saturated rings. The fraction of sp³-hybridized carbons (Fsp3) is 0.323. The molecule has 7 heteroatoms. The van der Waals surface area contributed by atoms with Crippen molar-refractivity contribution in [2.45, 2.75) is 46.5 Å². The van der Waals surface area contributed by atoms with Crippen molar-refractivity contribution in [3.63, 3.8) is 0 Å². The Morgan fingerprint density at radius 3 is 2.21 bits per heavy atom. The number of benzene rings is 3. The number of hydrogen-bond acceptors (Lipinski definition) is 5. The van der Waals surface area contributed by atoms with Crippen molar-refractivity contribution in [1.82, 2.24) is 0 Å². The van der Waals surface area contributed by atoms with Gasteiger partial charge < -0.3 is 19.7 Å². The first-order valence-corrected chi connectivity index (χ1v) is 12.7. The molecule has 0 unspecified atom stereocenters. The standard InChI is InChI=1S/C31H34N2O5/c1-20-6-7-21(2)27(16-20)32-28(34)19-37-30(36)22-17-29(35)33(18-22)24-10-14-26(15-11-24)38-25-12-8-23(9-13-25)31(3,4)5/h6-16,22H,17-19H2,1-5H3,(H,32,34)/t22-/m0/s1. The van der Waals surface area contributed by atoms with E-state index in [0.717, 1.165) is 16.9 Å². The smallest absolute Gasteiger partial charge is 0.311 e. The lowest BCUT2D eigenvalue weighted by Crippen LogP contribution is -2.28.